The molecule has 0 spiro atoms. The van der Waals surface area contributed by atoms with E-state index in [4.69, 9.17) is 9.47 Å². The van der Waals surface area contributed by atoms with Gasteiger partial charge in [-0.15, -0.1) is 0 Å². The fourth-order valence-corrected chi connectivity index (χ4v) is 11.2. The summed E-state index contributed by atoms with van der Waals surface area (Å²) >= 11 is 0. The molecule has 0 aliphatic heterocycles. The monoisotopic (exact) mass is 532 g/mol. The van der Waals surface area contributed by atoms with Crippen LogP contribution in [0.4, 0.5) is 0 Å². The van der Waals surface area contributed by atoms with Crippen molar-refractivity contribution in [1.82, 2.24) is 0 Å². The second kappa shape index (κ2) is 9.29. The van der Waals surface area contributed by atoms with Crippen LogP contribution in [0.1, 0.15) is 92.9 Å². The van der Waals surface area contributed by atoms with Crippen molar-refractivity contribution in [2.24, 2.45) is 56.7 Å². The molecule has 0 heterocycles. The zero-order chi connectivity index (χ0) is 27.9. The predicted octanol–water partition coefficient (Wildman–Crippen LogP) is 5.10. The maximum Gasteiger partial charge on any atom is 0.314 e. The summed E-state index contributed by atoms with van der Waals surface area (Å²) in [4.78, 5) is 13.7. The van der Waals surface area contributed by atoms with Gasteiger partial charge in [0, 0.05) is 12.5 Å². The second-order valence-electron chi connectivity index (χ2n) is 15.0. The van der Waals surface area contributed by atoms with Crippen LogP contribution in [0.15, 0.2) is 11.6 Å². The van der Waals surface area contributed by atoms with E-state index in [0.29, 0.717) is 24.2 Å². The third kappa shape index (κ3) is 3.48. The van der Waals surface area contributed by atoms with Crippen molar-refractivity contribution in [3.05, 3.63) is 11.6 Å². The van der Waals surface area contributed by atoms with Gasteiger partial charge >= 0.3 is 5.97 Å². The number of hydrogen-bond acceptors (Lipinski definition) is 6. The third-order valence-corrected chi connectivity index (χ3v) is 13.8. The smallest absolute Gasteiger partial charge is 0.314 e. The second-order valence-corrected chi connectivity index (χ2v) is 15.0. The van der Waals surface area contributed by atoms with Gasteiger partial charge in [0.1, 0.15) is 0 Å². The molecule has 0 radical (unpaired) electrons. The molecule has 6 nitrogen and oxygen atoms in total. The predicted molar refractivity (Wildman–Crippen MR) is 146 cm³/mol. The molecule has 3 N–H and O–H groups in total. The molecule has 3 unspecified atom stereocenters. The molecule has 5 aliphatic carbocycles. The SMILES string of the molecule is COCOC(=O)[C@]12CC[C@@H](C)[C@H](C)C1C1=CCC3[C@@]4(C)C[C@@H](O)[C@H](O)[C@@](C)(CO)C4CC[C@@]3(C)[C@]1(C)CC2. The number of carbonyl (C=O) groups is 1. The Hall–Kier alpha value is -0.950. The Balaban J connectivity index is 1.59. The van der Waals surface area contributed by atoms with Crippen molar-refractivity contribution in [2.75, 3.05) is 20.5 Å². The topological polar surface area (TPSA) is 96.2 Å². The molecule has 0 saturated heterocycles. The Morgan fingerprint density at radius 3 is 2.39 bits per heavy atom. The fourth-order valence-electron chi connectivity index (χ4n) is 11.2. The summed E-state index contributed by atoms with van der Waals surface area (Å²) in [5.41, 5.74) is 0.0373. The fraction of sp³-hybridized carbons (Fsp3) is 0.906. The van der Waals surface area contributed by atoms with E-state index in [9.17, 15) is 20.1 Å². The molecule has 5 rings (SSSR count). The van der Waals surface area contributed by atoms with Crippen molar-refractivity contribution in [3.63, 3.8) is 0 Å². The molecule has 0 aromatic carbocycles. The minimum absolute atomic E-state index is 0.00368. The zero-order valence-corrected chi connectivity index (χ0v) is 24.8. The maximum absolute atomic E-state index is 13.7. The molecule has 0 amide bonds. The summed E-state index contributed by atoms with van der Waals surface area (Å²) in [6, 6.07) is 0. The Bertz CT molecular complexity index is 979. The van der Waals surface area contributed by atoms with Crippen LogP contribution >= 0.6 is 0 Å². The van der Waals surface area contributed by atoms with Crippen LogP contribution in [-0.4, -0.2) is 54.0 Å². The number of fused-ring (bicyclic) bond motifs is 7. The molecular formula is C32H52O6. The number of allylic oxidation sites excluding steroid dienone is 2. The highest BCUT2D eigenvalue weighted by atomic mass is 16.7. The Labute approximate surface area is 229 Å². The molecule has 6 heteroatoms. The Morgan fingerprint density at radius 1 is 1.03 bits per heavy atom. The molecule has 0 aromatic heterocycles. The molecule has 0 bridgehead atoms. The van der Waals surface area contributed by atoms with Crippen molar-refractivity contribution in [1.29, 1.82) is 0 Å². The standard InChI is InChI=1S/C32H52O6/c1-19-10-13-32(27(36)38-18-37-7)15-14-30(5)21(25(32)20(19)2)8-9-24-28(3)16-22(34)26(35)29(4,17-33)23(28)11-12-31(24,30)6/h8,19-20,22-26,33-35H,9-18H2,1-7H3/t19-,20+,22-,23?,24?,25?,26+,28+,29+,30-,31-,32+/m1/s1. The van der Waals surface area contributed by atoms with Gasteiger partial charge in [-0.3, -0.25) is 4.79 Å². The van der Waals surface area contributed by atoms with Crippen LogP contribution in [-0.2, 0) is 14.3 Å². The Morgan fingerprint density at radius 2 is 1.74 bits per heavy atom. The Kier molecular flexibility index (Phi) is 6.98. The van der Waals surface area contributed by atoms with Crippen molar-refractivity contribution < 1.29 is 29.6 Å². The third-order valence-electron chi connectivity index (χ3n) is 13.8. The first-order chi connectivity index (χ1) is 17.8. The van der Waals surface area contributed by atoms with E-state index in [-0.39, 0.29) is 47.4 Å². The van der Waals surface area contributed by atoms with Crippen molar-refractivity contribution >= 4 is 5.97 Å². The summed E-state index contributed by atoms with van der Waals surface area (Å²) in [6.45, 7) is 13.8. The quantitative estimate of drug-likeness (QED) is 0.265. The number of aliphatic hydroxyl groups excluding tert-OH is 3. The molecule has 5 aliphatic rings. The first kappa shape index (κ1) is 28.6. The van der Waals surface area contributed by atoms with Crippen LogP contribution in [0.5, 0.6) is 0 Å². The summed E-state index contributed by atoms with van der Waals surface area (Å²) in [5.74, 6) is 1.50. The number of carbonyl (C=O) groups excluding carboxylic acids is 1. The minimum Gasteiger partial charge on any atom is -0.438 e. The van der Waals surface area contributed by atoms with Gasteiger partial charge in [0.05, 0.1) is 24.2 Å². The normalized spacial score (nSPS) is 54.1. The van der Waals surface area contributed by atoms with Gasteiger partial charge in [-0.1, -0.05) is 53.2 Å². The van der Waals surface area contributed by atoms with Gasteiger partial charge in [0.25, 0.3) is 0 Å². The highest BCUT2D eigenvalue weighted by molar-refractivity contribution is 5.78. The highest BCUT2D eigenvalue weighted by Gasteiger charge is 2.70. The number of methoxy groups -OCH3 is 1. The van der Waals surface area contributed by atoms with E-state index in [2.05, 4.69) is 40.7 Å². The van der Waals surface area contributed by atoms with E-state index in [1.807, 2.05) is 6.92 Å². The van der Waals surface area contributed by atoms with Crippen LogP contribution < -0.4 is 0 Å². The molecule has 4 fully saturated rings. The average Bonchev–Trinajstić information content (AvgIpc) is 2.88. The first-order valence-corrected chi connectivity index (χ1v) is 15.1. The van der Waals surface area contributed by atoms with Crippen LogP contribution in [0, 0.1) is 56.7 Å². The largest absolute Gasteiger partial charge is 0.438 e. The lowest BCUT2D eigenvalue weighted by Crippen LogP contribution is -2.68. The summed E-state index contributed by atoms with van der Waals surface area (Å²) < 4.78 is 10.8. The molecule has 0 aromatic rings. The summed E-state index contributed by atoms with van der Waals surface area (Å²) in [7, 11) is 1.57. The lowest BCUT2D eigenvalue weighted by molar-refractivity contribution is -0.244. The van der Waals surface area contributed by atoms with Crippen molar-refractivity contribution in [3.8, 4) is 0 Å². The molecule has 12 atom stereocenters. The van der Waals surface area contributed by atoms with E-state index < -0.39 is 23.0 Å². The lowest BCUT2D eigenvalue weighted by atomic mass is 9.33. The number of aliphatic hydroxyl groups is 3. The van der Waals surface area contributed by atoms with Gasteiger partial charge in [0.2, 0.25) is 0 Å². The zero-order valence-electron chi connectivity index (χ0n) is 24.8. The van der Waals surface area contributed by atoms with Gasteiger partial charge < -0.3 is 24.8 Å². The van der Waals surface area contributed by atoms with E-state index >= 15 is 0 Å². The summed E-state index contributed by atoms with van der Waals surface area (Å²) in [6.07, 6.45) is 7.91. The van der Waals surface area contributed by atoms with Gasteiger partial charge in [-0.2, -0.15) is 0 Å². The molecule has 38 heavy (non-hydrogen) atoms. The van der Waals surface area contributed by atoms with Gasteiger partial charge in [-0.05, 0) is 97.2 Å². The number of ether oxygens (including phenoxy) is 2. The summed E-state index contributed by atoms with van der Waals surface area (Å²) in [5, 5.41) is 32.5. The minimum atomic E-state index is -0.904. The molecule has 216 valence electrons. The lowest BCUT2D eigenvalue weighted by Gasteiger charge is -2.71. The first-order valence-electron chi connectivity index (χ1n) is 15.1. The molecule has 4 saturated carbocycles. The number of rotatable bonds is 4. The number of hydrogen-bond donors (Lipinski definition) is 3. The number of esters is 1. The van der Waals surface area contributed by atoms with Crippen LogP contribution in [0.2, 0.25) is 0 Å². The van der Waals surface area contributed by atoms with Crippen LogP contribution in [0.25, 0.3) is 0 Å². The average molecular weight is 533 g/mol. The van der Waals surface area contributed by atoms with E-state index in [1.165, 1.54) is 5.57 Å². The molecular weight excluding hydrogens is 480 g/mol. The van der Waals surface area contributed by atoms with Crippen LogP contribution in [0.3, 0.4) is 0 Å². The van der Waals surface area contributed by atoms with Gasteiger partial charge in [-0.25, -0.2) is 0 Å². The maximum atomic E-state index is 13.7. The van der Waals surface area contributed by atoms with Gasteiger partial charge in [0.15, 0.2) is 6.79 Å². The highest BCUT2D eigenvalue weighted by Crippen LogP contribution is 2.75. The van der Waals surface area contributed by atoms with E-state index in [1.54, 1.807) is 7.11 Å². The van der Waals surface area contributed by atoms with E-state index in [0.717, 1.165) is 44.9 Å². The van der Waals surface area contributed by atoms with Crippen molar-refractivity contribution in [2.45, 2.75) is 105 Å².